The van der Waals surface area contributed by atoms with Crippen molar-refractivity contribution in [2.75, 3.05) is 11.9 Å². The second-order valence-electron chi connectivity index (χ2n) is 4.47. The normalized spacial score (nSPS) is 13.6. The van der Waals surface area contributed by atoms with Gasteiger partial charge in [-0.3, -0.25) is 14.3 Å². The molecule has 20 heavy (non-hydrogen) atoms. The highest BCUT2D eigenvalue weighted by Gasteiger charge is 2.23. The molecule has 0 radical (unpaired) electrons. The lowest BCUT2D eigenvalue weighted by Gasteiger charge is -2.06. The van der Waals surface area contributed by atoms with Crippen molar-refractivity contribution >= 4 is 23.6 Å². The maximum Gasteiger partial charge on any atom is 0.325 e. The first-order valence-corrected chi connectivity index (χ1v) is 6.11. The van der Waals surface area contributed by atoms with Crippen molar-refractivity contribution in [3.8, 4) is 0 Å². The van der Waals surface area contributed by atoms with E-state index in [9.17, 15) is 14.4 Å². The first-order valence-electron chi connectivity index (χ1n) is 6.11. The number of aliphatic carboxylic acids is 1. The van der Waals surface area contributed by atoms with Crippen molar-refractivity contribution in [3.63, 3.8) is 0 Å². The van der Waals surface area contributed by atoms with Crippen LogP contribution in [-0.2, 0) is 16.1 Å². The zero-order valence-electron chi connectivity index (χ0n) is 10.6. The lowest BCUT2D eigenvalue weighted by atomic mass is 10.5. The second-order valence-corrected chi connectivity index (χ2v) is 4.47. The third-order valence-corrected chi connectivity index (χ3v) is 2.54. The van der Waals surface area contributed by atoms with Gasteiger partial charge in [-0.2, -0.15) is 5.10 Å². The number of amides is 3. The van der Waals surface area contributed by atoms with E-state index in [0.29, 0.717) is 5.69 Å². The number of nitrogens with one attached hydrogen (secondary N) is 3. The van der Waals surface area contributed by atoms with Gasteiger partial charge in [-0.1, -0.05) is 0 Å². The molecule has 2 rings (SSSR count). The molecule has 9 nitrogen and oxygen atoms in total. The van der Waals surface area contributed by atoms with Crippen LogP contribution in [0.5, 0.6) is 0 Å². The SMILES string of the molecule is O=C(O)Cn1cc(NC(=O)NCC(=O)NC2CC2)cn1. The average Bonchev–Trinajstić information content (AvgIpc) is 3.07. The van der Waals surface area contributed by atoms with Gasteiger partial charge < -0.3 is 21.1 Å². The molecule has 3 amide bonds. The number of aromatic nitrogens is 2. The standard InChI is InChI=1S/C11H15N5O4/c17-9(14-7-1-2-7)4-12-11(20)15-8-3-13-16(5-8)6-10(18)19/h3,5,7H,1-2,4,6H2,(H,14,17)(H,18,19)(H2,12,15,20). The molecule has 1 aromatic heterocycles. The van der Waals surface area contributed by atoms with E-state index >= 15 is 0 Å². The Kier molecular flexibility index (Phi) is 4.18. The zero-order chi connectivity index (χ0) is 14.5. The molecule has 1 aliphatic carbocycles. The molecule has 108 valence electrons. The number of urea groups is 1. The van der Waals surface area contributed by atoms with Crippen molar-refractivity contribution in [2.24, 2.45) is 0 Å². The van der Waals surface area contributed by atoms with Crippen molar-refractivity contribution in [2.45, 2.75) is 25.4 Å². The van der Waals surface area contributed by atoms with Gasteiger partial charge in [0.25, 0.3) is 0 Å². The number of hydrogen-bond donors (Lipinski definition) is 4. The smallest absolute Gasteiger partial charge is 0.325 e. The number of anilines is 1. The highest BCUT2D eigenvalue weighted by atomic mass is 16.4. The maximum atomic E-state index is 11.5. The summed E-state index contributed by atoms with van der Waals surface area (Å²) in [6.45, 7) is -0.390. The van der Waals surface area contributed by atoms with Crippen LogP contribution in [0.3, 0.4) is 0 Å². The molecule has 9 heteroatoms. The van der Waals surface area contributed by atoms with Gasteiger partial charge in [-0.15, -0.1) is 0 Å². The van der Waals surface area contributed by atoms with Crippen LogP contribution in [0.15, 0.2) is 12.4 Å². The summed E-state index contributed by atoms with van der Waals surface area (Å²) >= 11 is 0. The number of hydrogen-bond acceptors (Lipinski definition) is 4. The fourth-order valence-corrected chi connectivity index (χ4v) is 1.50. The van der Waals surface area contributed by atoms with E-state index in [0.717, 1.165) is 12.8 Å². The summed E-state index contributed by atoms with van der Waals surface area (Å²) in [4.78, 5) is 33.3. The van der Waals surface area contributed by atoms with Gasteiger partial charge in [-0.05, 0) is 12.8 Å². The average molecular weight is 281 g/mol. The van der Waals surface area contributed by atoms with Crippen LogP contribution in [0.25, 0.3) is 0 Å². The van der Waals surface area contributed by atoms with Gasteiger partial charge in [-0.25, -0.2) is 4.79 Å². The van der Waals surface area contributed by atoms with E-state index in [1.807, 2.05) is 0 Å². The zero-order valence-corrected chi connectivity index (χ0v) is 10.6. The Morgan fingerprint density at radius 2 is 2.15 bits per heavy atom. The minimum absolute atomic E-state index is 0.106. The Bertz CT molecular complexity index is 523. The van der Waals surface area contributed by atoms with Gasteiger partial charge in [0.05, 0.1) is 18.4 Å². The van der Waals surface area contributed by atoms with Gasteiger partial charge in [0.2, 0.25) is 5.91 Å². The molecule has 1 aliphatic rings. The number of carboxylic acids is 1. The maximum absolute atomic E-state index is 11.5. The van der Waals surface area contributed by atoms with Crippen LogP contribution in [-0.4, -0.2) is 45.4 Å². The first kappa shape index (κ1) is 13.8. The number of carboxylic acid groups (broad SMARTS) is 1. The Hall–Kier alpha value is -2.58. The van der Waals surface area contributed by atoms with E-state index in [1.54, 1.807) is 0 Å². The summed E-state index contributed by atoms with van der Waals surface area (Å²) in [5.41, 5.74) is 0.353. The van der Waals surface area contributed by atoms with Crippen LogP contribution >= 0.6 is 0 Å². The molecule has 1 heterocycles. The van der Waals surface area contributed by atoms with Gasteiger partial charge >= 0.3 is 12.0 Å². The number of rotatable bonds is 6. The molecular formula is C11H15N5O4. The number of carbonyl (C=O) groups excluding carboxylic acids is 2. The largest absolute Gasteiger partial charge is 0.480 e. The third kappa shape index (κ3) is 4.59. The van der Waals surface area contributed by atoms with Crippen LogP contribution in [0, 0.1) is 0 Å². The number of carbonyl (C=O) groups is 3. The molecule has 0 spiro atoms. The summed E-state index contributed by atoms with van der Waals surface area (Å²) in [5, 5.41) is 19.9. The quantitative estimate of drug-likeness (QED) is 0.552. The van der Waals surface area contributed by atoms with Crippen molar-refractivity contribution in [1.29, 1.82) is 0 Å². The summed E-state index contributed by atoms with van der Waals surface area (Å²) in [6.07, 6.45) is 4.69. The minimum atomic E-state index is -1.03. The summed E-state index contributed by atoms with van der Waals surface area (Å²) in [6, 6.07) is -0.299. The summed E-state index contributed by atoms with van der Waals surface area (Å²) in [7, 11) is 0. The van der Waals surface area contributed by atoms with E-state index < -0.39 is 12.0 Å². The first-order chi connectivity index (χ1) is 9.52. The fourth-order valence-electron chi connectivity index (χ4n) is 1.50. The van der Waals surface area contributed by atoms with Gasteiger partial charge in [0, 0.05) is 12.2 Å². The molecule has 0 bridgehead atoms. The molecule has 0 atom stereocenters. The predicted molar refractivity (Wildman–Crippen MR) is 68.0 cm³/mol. The van der Waals surface area contributed by atoms with Crippen molar-refractivity contribution < 1.29 is 19.5 Å². The molecule has 1 fully saturated rings. The number of nitrogens with zero attached hydrogens (tertiary/aromatic N) is 2. The lowest BCUT2D eigenvalue weighted by molar-refractivity contribution is -0.137. The van der Waals surface area contributed by atoms with Crippen LogP contribution < -0.4 is 16.0 Å². The summed E-state index contributed by atoms with van der Waals surface area (Å²) < 4.78 is 1.18. The van der Waals surface area contributed by atoms with Gasteiger partial charge in [0.15, 0.2) is 0 Å². The predicted octanol–water partition coefficient (Wildman–Crippen LogP) is -0.632. The molecule has 1 aromatic rings. The van der Waals surface area contributed by atoms with E-state index in [2.05, 4.69) is 21.0 Å². The highest BCUT2D eigenvalue weighted by Crippen LogP contribution is 2.18. The highest BCUT2D eigenvalue weighted by molar-refractivity contribution is 5.92. The third-order valence-electron chi connectivity index (χ3n) is 2.54. The fraction of sp³-hybridized carbons (Fsp3) is 0.455. The minimum Gasteiger partial charge on any atom is -0.480 e. The topological polar surface area (TPSA) is 125 Å². The molecule has 1 saturated carbocycles. The monoisotopic (exact) mass is 281 g/mol. The molecule has 0 aromatic carbocycles. The molecule has 0 saturated heterocycles. The van der Waals surface area contributed by atoms with Crippen molar-refractivity contribution in [3.05, 3.63) is 12.4 Å². The Balaban J connectivity index is 1.71. The van der Waals surface area contributed by atoms with Crippen molar-refractivity contribution in [1.82, 2.24) is 20.4 Å². The van der Waals surface area contributed by atoms with E-state index in [-0.39, 0.29) is 25.0 Å². The molecular weight excluding hydrogens is 266 g/mol. The van der Waals surface area contributed by atoms with Crippen LogP contribution in [0.1, 0.15) is 12.8 Å². The molecule has 4 N–H and O–H groups in total. The lowest BCUT2D eigenvalue weighted by Crippen LogP contribution is -2.39. The second kappa shape index (κ2) is 6.04. The van der Waals surface area contributed by atoms with Gasteiger partial charge in [0.1, 0.15) is 6.54 Å². The Morgan fingerprint density at radius 3 is 2.80 bits per heavy atom. The molecule has 0 aliphatic heterocycles. The van der Waals surface area contributed by atoms with E-state index in [4.69, 9.17) is 5.11 Å². The van der Waals surface area contributed by atoms with Crippen LogP contribution in [0.4, 0.5) is 10.5 Å². The summed E-state index contributed by atoms with van der Waals surface area (Å²) in [5.74, 6) is -1.26. The van der Waals surface area contributed by atoms with E-state index in [1.165, 1.54) is 17.1 Å². The molecule has 0 unspecified atom stereocenters. The Labute approximate surface area is 114 Å². The van der Waals surface area contributed by atoms with Crippen LogP contribution in [0.2, 0.25) is 0 Å². The Morgan fingerprint density at radius 1 is 1.40 bits per heavy atom.